The van der Waals surface area contributed by atoms with Gasteiger partial charge in [-0.2, -0.15) is 0 Å². The molecule has 0 atom stereocenters. The Balaban J connectivity index is 2.21. The Labute approximate surface area is 145 Å². The van der Waals surface area contributed by atoms with Crippen molar-refractivity contribution in [3.63, 3.8) is 0 Å². The van der Waals surface area contributed by atoms with Gasteiger partial charge in [0.15, 0.2) is 18.1 Å². The van der Waals surface area contributed by atoms with Gasteiger partial charge in [-0.15, -0.1) is 0 Å². The molecule has 0 fully saturated rings. The summed E-state index contributed by atoms with van der Waals surface area (Å²) in [7, 11) is 1.51. The zero-order valence-electron chi connectivity index (χ0n) is 14.0. The number of anilines is 1. The zero-order valence-corrected chi connectivity index (χ0v) is 14.0. The lowest BCUT2D eigenvalue weighted by Crippen LogP contribution is -2.20. The van der Waals surface area contributed by atoms with Crippen molar-refractivity contribution in [2.75, 3.05) is 19.0 Å². The molecule has 0 spiro atoms. The van der Waals surface area contributed by atoms with Crippen LogP contribution in [0.25, 0.3) is 0 Å². The summed E-state index contributed by atoms with van der Waals surface area (Å²) < 4.78 is 10.7. The normalized spacial score (nSPS) is 10.5. The number of ether oxygens (including phenoxy) is 2. The van der Waals surface area contributed by atoms with Crippen LogP contribution in [0.5, 0.6) is 11.5 Å². The summed E-state index contributed by atoms with van der Waals surface area (Å²) in [4.78, 5) is 26.4. The predicted octanol–water partition coefficient (Wildman–Crippen LogP) is 2.27. The molecule has 3 N–H and O–H groups in total. The maximum Gasteiger partial charge on any atom is 0.255 e. The number of nitrogens with zero attached hydrogens (tertiary/aromatic N) is 1. The molecule has 2 aromatic rings. The van der Waals surface area contributed by atoms with Crippen LogP contribution in [-0.4, -0.2) is 31.7 Å². The third-order valence-corrected chi connectivity index (χ3v) is 3.13. The topological polar surface area (TPSA) is 103 Å². The minimum absolute atomic E-state index is 0.135. The average Bonchev–Trinajstić information content (AvgIpc) is 2.58. The average molecular weight is 341 g/mol. The number of rotatable bonds is 7. The Bertz CT molecular complexity index is 785. The molecule has 25 heavy (non-hydrogen) atoms. The second-order valence-corrected chi connectivity index (χ2v) is 5.12. The van der Waals surface area contributed by atoms with Crippen molar-refractivity contribution in [1.82, 2.24) is 0 Å². The van der Waals surface area contributed by atoms with Crippen LogP contribution in [0.4, 0.5) is 11.4 Å². The number of carbonyl (C=O) groups is 2. The molecular formula is C18H19N3O4. The van der Waals surface area contributed by atoms with Gasteiger partial charge in [0.2, 0.25) is 5.91 Å². The predicted molar refractivity (Wildman–Crippen MR) is 95.7 cm³/mol. The van der Waals surface area contributed by atoms with E-state index in [9.17, 15) is 9.59 Å². The van der Waals surface area contributed by atoms with Crippen molar-refractivity contribution in [3.8, 4) is 11.5 Å². The van der Waals surface area contributed by atoms with E-state index in [1.165, 1.54) is 14.0 Å². The van der Waals surface area contributed by atoms with Gasteiger partial charge < -0.3 is 20.5 Å². The van der Waals surface area contributed by atoms with Crippen molar-refractivity contribution >= 4 is 29.4 Å². The van der Waals surface area contributed by atoms with E-state index >= 15 is 0 Å². The molecule has 2 aromatic carbocycles. The molecule has 0 aliphatic heterocycles. The van der Waals surface area contributed by atoms with Crippen LogP contribution in [0.2, 0.25) is 0 Å². The van der Waals surface area contributed by atoms with E-state index in [4.69, 9.17) is 15.2 Å². The van der Waals surface area contributed by atoms with E-state index in [0.717, 1.165) is 0 Å². The van der Waals surface area contributed by atoms with Crippen LogP contribution in [0.1, 0.15) is 12.5 Å². The van der Waals surface area contributed by atoms with Crippen molar-refractivity contribution in [2.45, 2.75) is 6.92 Å². The van der Waals surface area contributed by atoms with Gasteiger partial charge in [-0.1, -0.05) is 6.07 Å². The number of methoxy groups -OCH3 is 1. The summed E-state index contributed by atoms with van der Waals surface area (Å²) in [5.41, 5.74) is 7.16. The van der Waals surface area contributed by atoms with Crippen LogP contribution < -0.4 is 20.5 Å². The molecule has 2 rings (SSSR count). The van der Waals surface area contributed by atoms with Crippen LogP contribution in [-0.2, 0) is 9.59 Å². The molecule has 0 aliphatic carbocycles. The summed E-state index contributed by atoms with van der Waals surface area (Å²) in [6.45, 7) is 1.19. The van der Waals surface area contributed by atoms with Gasteiger partial charge in [0.25, 0.3) is 5.91 Å². The first-order chi connectivity index (χ1) is 12.0. The third-order valence-electron chi connectivity index (χ3n) is 3.13. The quantitative estimate of drug-likeness (QED) is 0.754. The van der Waals surface area contributed by atoms with E-state index in [1.807, 2.05) is 0 Å². The number of nitrogens with one attached hydrogen (secondary N) is 1. The number of aliphatic imine (C=N–C) groups is 1. The molecule has 0 unspecified atom stereocenters. The number of nitrogens with two attached hydrogens (primary N) is 1. The maximum absolute atomic E-state index is 11.0. The van der Waals surface area contributed by atoms with Gasteiger partial charge in [-0.05, 0) is 36.4 Å². The highest BCUT2D eigenvalue weighted by Crippen LogP contribution is 2.30. The summed E-state index contributed by atoms with van der Waals surface area (Å²) in [5, 5.41) is 2.69. The minimum atomic E-state index is -0.581. The van der Waals surface area contributed by atoms with Crippen molar-refractivity contribution < 1.29 is 19.1 Å². The van der Waals surface area contributed by atoms with Gasteiger partial charge in [-0.25, -0.2) is 0 Å². The highest BCUT2D eigenvalue weighted by molar-refractivity contribution is 5.89. The highest BCUT2D eigenvalue weighted by atomic mass is 16.5. The molecule has 0 aliphatic rings. The molecule has 0 bridgehead atoms. The molecule has 0 aromatic heterocycles. The number of para-hydroxylation sites is 1. The zero-order chi connectivity index (χ0) is 18.2. The molecule has 0 saturated heterocycles. The lowest BCUT2D eigenvalue weighted by atomic mass is 10.2. The van der Waals surface area contributed by atoms with Gasteiger partial charge >= 0.3 is 0 Å². The Morgan fingerprint density at radius 2 is 1.92 bits per heavy atom. The molecule has 130 valence electrons. The van der Waals surface area contributed by atoms with Gasteiger partial charge in [0.05, 0.1) is 12.8 Å². The number of carbonyl (C=O) groups excluding carboxylic acids is 2. The fourth-order valence-corrected chi connectivity index (χ4v) is 2.07. The Morgan fingerprint density at radius 1 is 1.20 bits per heavy atom. The Morgan fingerprint density at radius 3 is 2.52 bits per heavy atom. The molecule has 7 nitrogen and oxygen atoms in total. The van der Waals surface area contributed by atoms with E-state index in [1.54, 1.807) is 48.7 Å². The fourth-order valence-electron chi connectivity index (χ4n) is 2.07. The van der Waals surface area contributed by atoms with Crippen molar-refractivity contribution in [3.05, 3.63) is 48.0 Å². The van der Waals surface area contributed by atoms with E-state index in [-0.39, 0.29) is 12.5 Å². The van der Waals surface area contributed by atoms with Crippen LogP contribution in [0.15, 0.2) is 47.5 Å². The van der Waals surface area contributed by atoms with Gasteiger partial charge in [-0.3, -0.25) is 14.6 Å². The van der Waals surface area contributed by atoms with Crippen molar-refractivity contribution in [1.29, 1.82) is 0 Å². The summed E-state index contributed by atoms with van der Waals surface area (Å²) in [6.07, 6.45) is 1.60. The van der Waals surface area contributed by atoms with E-state index in [0.29, 0.717) is 28.4 Å². The Kier molecular flexibility index (Phi) is 6.11. The first-order valence-electron chi connectivity index (χ1n) is 7.49. The minimum Gasteiger partial charge on any atom is -0.493 e. The molecule has 7 heteroatoms. The third kappa shape index (κ3) is 5.35. The summed E-state index contributed by atoms with van der Waals surface area (Å²) in [6, 6.07) is 12.3. The summed E-state index contributed by atoms with van der Waals surface area (Å²) >= 11 is 0. The number of hydrogen-bond donors (Lipinski definition) is 2. The van der Waals surface area contributed by atoms with Crippen LogP contribution in [0.3, 0.4) is 0 Å². The SMILES string of the molecule is COc1cccc(C=Nc2ccc(NC(C)=O)cc2)c1OCC(N)=O. The molecule has 0 saturated carbocycles. The number of hydrogen-bond acceptors (Lipinski definition) is 5. The van der Waals surface area contributed by atoms with Gasteiger partial charge in [0, 0.05) is 24.4 Å². The largest absolute Gasteiger partial charge is 0.493 e. The second kappa shape index (κ2) is 8.49. The fraction of sp³-hybridized carbons (Fsp3) is 0.167. The van der Waals surface area contributed by atoms with Gasteiger partial charge in [0.1, 0.15) is 0 Å². The monoisotopic (exact) mass is 341 g/mol. The van der Waals surface area contributed by atoms with Crippen LogP contribution in [0, 0.1) is 0 Å². The molecule has 0 heterocycles. The number of primary amides is 1. The van der Waals surface area contributed by atoms with E-state index < -0.39 is 5.91 Å². The smallest absolute Gasteiger partial charge is 0.255 e. The number of amides is 2. The first kappa shape index (κ1) is 18.0. The standard InChI is InChI=1S/C18H19N3O4/c1-12(22)21-15-8-6-14(7-9-15)20-10-13-4-3-5-16(24-2)18(13)25-11-17(19)23/h3-10H,11H2,1-2H3,(H2,19,23)(H,21,22). The summed E-state index contributed by atoms with van der Waals surface area (Å²) in [5.74, 6) is 0.153. The molecular weight excluding hydrogens is 322 g/mol. The molecule has 2 amide bonds. The lowest BCUT2D eigenvalue weighted by Gasteiger charge is -2.11. The Hall–Kier alpha value is -3.35. The number of benzene rings is 2. The first-order valence-corrected chi connectivity index (χ1v) is 7.49. The highest BCUT2D eigenvalue weighted by Gasteiger charge is 2.10. The van der Waals surface area contributed by atoms with E-state index in [2.05, 4.69) is 10.3 Å². The van der Waals surface area contributed by atoms with Crippen LogP contribution >= 0.6 is 0 Å². The maximum atomic E-state index is 11.0. The lowest BCUT2D eigenvalue weighted by molar-refractivity contribution is -0.120. The molecule has 0 radical (unpaired) electrons. The van der Waals surface area contributed by atoms with Crippen molar-refractivity contribution in [2.24, 2.45) is 10.7 Å². The second-order valence-electron chi connectivity index (χ2n) is 5.12.